The Balaban J connectivity index is 2.18. The van der Waals surface area contributed by atoms with E-state index in [2.05, 4.69) is 0 Å². The maximum atomic E-state index is 13.8. The minimum absolute atomic E-state index is 0.254. The number of benzene rings is 2. The zero-order valence-corrected chi connectivity index (χ0v) is 10.2. The Morgan fingerprint density at radius 2 is 2.05 bits per heavy atom. The molecular weight excluding hydrogens is 248 g/mol. The topological polar surface area (TPSA) is 35.2 Å². The van der Waals surface area contributed by atoms with E-state index < -0.39 is 11.6 Å². The third kappa shape index (κ3) is 1.98. The van der Waals surface area contributed by atoms with Gasteiger partial charge < -0.3 is 10.5 Å². The summed E-state index contributed by atoms with van der Waals surface area (Å²) in [4.78, 5) is 0. The molecule has 19 heavy (non-hydrogen) atoms. The Labute approximate surface area is 109 Å². The Bertz CT molecular complexity index is 640. The fraction of sp³-hybridized carbons (Fsp3) is 0.200. The van der Waals surface area contributed by atoms with Crippen molar-refractivity contribution in [2.24, 2.45) is 5.73 Å². The molecule has 0 atom stereocenters. The minimum atomic E-state index is -0.844. The largest absolute Gasteiger partial charge is 0.493 e. The molecule has 0 aromatic heterocycles. The monoisotopic (exact) mass is 261 g/mol. The van der Waals surface area contributed by atoms with Crippen molar-refractivity contribution in [3.8, 4) is 16.9 Å². The van der Waals surface area contributed by atoms with Gasteiger partial charge in [-0.2, -0.15) is 0 Å². The van der Waals surface area contributed by atoms with Gasteiger partial charge in [0.05, 0.1) is 6.61 Å². The zero-order chi connectivity index (χ0) is 13.4. The summed E-state index contributed by atoms with van der Waals surface area (Å²) < 4.78 is 32.7. The summed E-state index contributed by atoms with van der Waals surface area (Å²) in [5.41, 5.74) is 8.41. The Hall–Kier alpha value is -1.94. The summed E-state index contributed by atoms with van der Waals surface area (Å²) in [6.07, 6.45) is 0.771. The summed E-state index contributed by atoms with van der Waals surface area (Å²) in [7, 11) is 0. The van der Waals surface area contributed by atoms with E-state index >= 15 is 0 Å². The maximum Gasteiger partial charge on any atom is 0.166 e. The maximum absolute atomic E-state index is 13.8. The number of ether oxygens (including phenoxy) is 1. The number of hydrogen-bond donors (Lipinski definition) is 1. The van der Waals surface area contributed by atoms with E-state index in [4.69, 9.17) is 10.5 Å². The lowest BCUT2D eigenvalue weighted by molar-refractivity contribution is 0.353. The third-order valence-corrected chi connectivity index (χ3v) is 3.34. The van der Waals surface area contributed by atoms with Gasteiger partial charge in [0.15, 0.2) is 11.6 Å². The summed E-state index contributed by atoms with van der Waals surface area (Å²) in [6.45, 7) is 0.921. The van der Waals surface area contributed by atoms with E-state index in [1.807, 2.05) is 6.07 Å². The van der Waals surface area contributed by atoms with Crippen LogP contribution in [0.5, 0.6) is 5.75 Å². The predicted octanol–water partition coefficient (Wildman–Crippen LogP) is 3.03. The molecule has 2 N–H and O–H groups in total. The summed E-state index contributed by atoms with van der Waals surface area (Å²) in [5, 5.41) is 0. The SMILES string of the molecule is NCc1cc(-c2cccc(F)c2F)cc2c1OCC2. The van der Waals surface area contributed by atoms with Crippen LogP contribution >= 0.6 is 0 Å². The van der Waals surface area contributed by atoms with Crippen LogP contribution in [0.1, 0.15) is 11.1 Å². The van der Waals surface area contributed by atoms with Gasteiger partial charge >= 0.3 is 0 Å². The van der Waals surface area contributed by atoms with Crippen molar-refractivity contribution in [1.29, 1.82) is 0 Å². The summed E-state index contributed by atoms with van der Waals surface area (Å²) in [6, 6.07) is 7.79. The molecule has 0 saturated carbocycles. The third-order valence-electron chi connectivity index (χ3n) is 3.34. The van der Waals surface area contributed by atoms with Crippen LogP contribution in [-0.4, -0.2) is 6.61 Å². The molecule has 1 aliphatic heterocycles. The molecule has 0 amide bonds. The van der Waals surface area contributed by atoms with Crippen LogP contribution in [0.3, 0.4) is 0 Å². The quantitative estimate of drug-likeness (QED) is 0.901. The summed E-state index contributed by atoms with van der Waals surface area (Å²) >= 11 is 0. The lowest BCUT2D eigenvalue weighted by atomic mass is 9.98. The highest BCUT2D eigenvalue weighted by Crippen LogP contribution is 2.35. The highest BCUT2D eigenvalue weighted by atomic mass is 19.2. The van der Waals surface area contributed by atoms with Crippen LogP contribution in [0, 0.1) is 11.6 Å². The molecule has 0 bridgehead atoms. The standard InChI is InChI=1S/C15H13F2NO/c16-13-3-1-2-12(14(13)17)10-6-9-4-5-19-15(9)11(7-10)8-18/h1-3,6-7H,4-5,8,18H2. The second-order valence-corrected chi connectivity index (χ2v) is 4.53. The van der Waals surface area contributed by atoms with Gasteiger partial charge in [0, 0.05) is 24.1 Å². The average Bonchev–Trinajstić information content (AvgIpc) is 2.89. The fourth-order valence-electron chi connectivity index (χ4n) is 2.42. The molecule has 0 unspecified atom stereocenters. The van der Waals surface area contributed by atoms with E-state index in [0.717, 1.165) is 29.4 Å². The molecule has 0 saturated heterocycles. The first-order valence-electron chi connectivity index (χ1n) is 6.13. The van der Waals surface area contributed by atoms with Crippen LogP contribution in [0.4, 0.5) is 8.78 Å². The van der Waals surface area contributed by atoms with Gasteiger partial charge in [0.2, 0.25) is 0 Å². The molecule has 0 fully saturated rings. The number of nitrogens with two attached hydrogens (primary N) is 1. The minimum Gasteiger partial charge on any atom is -0.493 e. The van der Waals surface area contributed by atoms with Crippen molar-refractivity contribution in [3.05, 3.63) is 53.1 Å². The van der Waals surface area contributed by atoms with Crippen LogP contribution in [0.25, 0.3) is 11.1 Å². The van der Waals surface area contributed by atoms with Gasteiger partial charge in [-0.3, -0.25) is 0 Å². The first-order chi connectivity index (χ1) is 9.20. The highest BCUT2D eigenvalue weighted by Gasteiger charge is 2.19. The lowest BCUT2D eigenvalue weighted by Crippen LogP contribution is -2.00. The van der Waals surface area contributed by atoms with Crippen molar-refractivity contribution in [2.45, 2.75) is 13.0 Å². The van der Waals surface area contributed by atoms with Crippen LogP contribution in [0.2, 0.25) is 0 Å². The van der Waals surface area contributed by atoms with Gasteiger partial charge in [-0.25, -0.2) is 8.78 Å². The molecule has 2 nitrogen and oxygen atoms in total. The Kier molecular flexibility index (Phi) is 2.95. The molecule has 2 aromatic rings. The van der Waals surface area contributed by atoms with Crippen molar-refractivity contribution in [2.75, 3.05) is 6.61 Å². The lowest BCUT2D eigenvalue weighted by Gasteiger charge is -2.10. The van der Waals surface area contributed by atoms with Crippen molar-refractivity contribution < 1.29 is 13.5 Å². The van der Waals surface area contributed by atoms with Gasteiger partial charge in [0.25, 0.3) is 0 Å². The molecule has 0 radical (unpaired) electrons. The predicted molar refractivity (Wildman–Crippen MR) is 68.9 cm³/mol. The molecule has 98 valence electrons. The zero-order valence-electron chi connectivity index (χ0n) is 10.2. The number of hydrogen-bond acceptors (Lipinski definition) is 2. The second-order valence-electron chi connectivity index (χ2n) is 4.53. The number of fused-ring (bicyclic) bond motifs is 1. The van der Waals surface area contributed by atoms with E-state index in [-0.39, 0.29) is 5.56 Å². The Morgan fingerprint density at radius 3 is 2.84 bits per heavy atom. The van der Waals surface area contributed by atoms with Gasteiger partial charge in [-0.15, -0.1) is 0 Å². The number of rotatable bonds is 2. The molecule has 0 aliphatic carbocycles. The Morgan fingerprint density at radius 1 is 1.21 bits per heavy atom. The van der Waals surface area contributed by atoms with Gasteiger partial charge in [-0.05, 0) is 29.3 Å². The van der Waals surface area contributed by atoms with E-state index in [0.29, 0.717) is 18.7 Å². The van der Waals surface area contributed by atoms with Crippen molar-refractivity contribution >= 4 is 0 Å². The van der Waals surface area contributed by atoms with Gasteiger partial charge in [0.1, 0.15) is 5.75 Å². The van der Waals surface area contributed by atoms with E-state index in [9.17, 15) is 8.78 Å². The smallest absolute Gasteiger partial charge is 0.166 e. The molecule has 4 heteroatoms. The molecule has 0 spiro atoms. The normalized spacial score (nSPS) is 13.2. The first-order valence-corrected chi connectivity index (χ1v) is 6.13. The summed E-state index contributed by atoms with van der Waals surface area (Å²) in [5.74, 6) is -0.879. The van der Waals surface area contributed by atoms with Crippen LogP contribution in [0.15, 0.2) is 30.3 Å². The average molecular weight is 261 g/mol. The van der Waals surface area contributed by atoms with Crippen molar-refractivity contribution in [1.82, 2.24) is 0 Å². The number of halogens is 2. The molecular formula is C15H13F2NO. The van der Waals surface area contributed by atoms with Crippen LogP contribution in [-0.2, 0) is 13.0 Å². The van der Waals surface area contributed by atoms with Crippen molar-refractivity contribution in [3.63, 3.8) is 0 Å². The molecule has 3 rings (SSSR count). The molecule has 1 heterocycles. The second kappa shape index (κ2) is 4.63. The molecule has 1 aliphatic rings. The molecule has 2 aromatic carbocycles. The first kappa shape index (κ1) is 12.1. The highest BCUT2D eigenvalue weighted by molar-refractivity contribution is 5.68. The van der Waals surface area contributed by atoms with Gasteiger partial charge in [-0.1, -0.05) is 12.1 Å². The fourth-order valence-corrected chi connectivity index (χ4v) is 2.42. The van der Waals surface area contributed by atoms with E-state index in [1.165, 1.54) is 6.07 Å². The van der Waals surface area contributed by atoms with Crippen LogP contribution < -0.4 is 10.5 Å². The van der Waals surface area contributed by atoms with E-state index in [1.54, 1.807) is 12.1 Å².